The highest BCUT2D eigenvalue weighted by Gasteiger charge is 2.77. The van der Waals surface area contributed by atoms with Crippen molar-refractivity contribution in [3.63, 3.8) is 0 Å². The lowest BCUT2D eigenvalue weighted by Gasteiger charge is -2.66. The normalized spacial score (nSPS) is 42.6. The number of rotatable bonds is 3. The van der Waals surface area contributed by atoms with E-state index >= 15 is 0 Å². The summed E-state index contributed by atoms with van der Waals surface area (Å²) in [4.78, 5) is 0. The maximum absolute atomic E-state index is 6.72. The number of hydrogen-bond acceptors (Lipinski definition) is 3. The van der Waals surface area contributed by atoms with Crippen molar-refractivity contribution in [2.75, 3.05) is 0 Å². The molecule has 4 aliphatic rings. The molecule has 27 heavy (non-hydrogen) atoms. The van der Waals surface area contributed by atoms with Crippen LogP contribution in [0.15, 0.2) is 60.7 Å². The first-order valence-electron chi connectivity index (χ1n) is 9.63. The molecule has 4 heterocycles. The van der Waals surface area contributed by atoms with E-state index < -0.39 is 26.8 Å². The Hall–Kier alpha value is -0.820. The van der Waals surface area contributed by atoms with Gasteiger partial charge in [-0.05, 0) is 13.8 Å². The molecule has 0 amide bonds. The van der Waals surface area contributed by atoms with Gasteiger partial charge in [0.2, 0.25) is 0 Å². The smallest absolute Gasteiger partial charge is 0.186 e. The highest BCUT2D eigenvalue weighted by Crippen LogP contribution is 2.88. The van der Waals surface area contributed by atoms with E-state index in [0.29, 0.717) is 0 Å². The molecule has 0 N–H and O–H groups in total. The quantitative estimate of drug-likeness (QED) is 0.679. The van der Waals surface area contributed by atoms with Crippen LogP contribution in [0.2, 0.25) is 0 Å². The second-order valence-corrected chi connectivity index (χ2v) is 15.9. The van der Waals surface area contributed by atoms with Crippen LogP contribution < -0.4 is 10.6 Å². The summed E-state index contributed by atoms with van der Waals surface area (Å²) in [5, 5.41) is 2.47. The van der Waals surface area contributed by atoms with Crippen molar-refractivity contribution < 1.29 is 14.2 Å². The Morgan fingerprint density at radius 3 is 1.48 bits per heavy atom. The highest BCUT2D eigenvalue weighted by molar-refractivity contribution is 8.37. The van der Waals surface area contributed by atoms with Crippen molar-refractivity contribution in [2.24, 2.45) is 0 Å². The van der Waals surface area contributed by atoms with Crippen LogP contribution in [0, 0.1) is 0 Å². The van der Waals surface area contributed by atoms with Gasteiger partial charge in [0.15, 0.2) is 22.3 Å². The Balaban J connectivity index is 1.69. The average molecular weight is 401 g/mol. The maximum Gasteiger partial charge on any atom is 0.186 e. The average Bonchev–Trinajstić information content (AvgIpc) is 2.56. The fourth-order valence-electron chi connectivity index (χ4n) is 5.75. The van der Waals surface area contributed by atoms with E-state index in [4.69, 9.17) is 14.2 Å². The van der Waals surface area contributed by atoms with E-state index in [1.807, 2.05) is 0 Å². The van der Waals surface area contributed by atoms with Crippen molar-refractivity contribution in [1.29, 1.82) is 0 Å². The highest BCUT2D eigenvalue weighted by atomic mass is 32.1. The molecule has 0 saturated carbocycles. The third kappa shape index (κ3) is 2.83. The summed E-state index contributed by atoms with van der Waals surface area (Å²) in [6.07, 6.45) is 1.61. The molecule has 0 radical (unpaired) electrons. The lowest BCUT2D eigenvalue weighted by Crippen LogP contribution is -2.71. The molecule has 142 valence electrons. The van der Waals surface area contributed by atoms with Crippen LogP contribution in [0.5, 0.6) is 0 Å². The van der Waals surface area contributed by atoms with Crippen molar-refractivity contribution in [2.45, 2.75) is 62.8 Å². The standard InChI is InChI=1S/C22H26O3P2/c1-19-15-21(3)25-20(2,23-19)16-22(4,24-19)27(21)26(17-11-7-5-8-12-17)18-13-9-6-10-14-18/h5-14H,15-16H2,1-4H3/p+1/t19-,20-,21+,22+/m0/s1. The number of benzene rings is 2. The van der Waals surface area contributed by atoms with Gasteiger partial charge in [-0.1, -0.05) is 60.7 Å². The van der Waals surface area contributed by atoms with E-state index in [0.717, 1.165) is 12.8 Å². The molecule has 0 aromatic heterocycles. The van der Waals surface area contributed by atoms with E-state index in [2.05, 4.69) is 88.4 Å². The lowest BCUT2D eigenvalue weighted by atomic mass is 9.98. The van der Waals surface area contributed by atoms with E-state index in [1.165, 1.54) is 10.6 Å². The maximum atomic E-state index is 6.72. The summed E-state index contributed by atoms with van der Waals surface area (Å²) in [7, 11) is -1.65. The predicted molar refractivity (Wildman–Crippen MR) is 113 cm³/mol. The number of ether oxygens (including phenoxy) is 3. The first-order chi connectivity index (χ1) is 12.7. The molecule has 4 bridgehead atoms. The molecule has 0 unspecified atom stereocenters. The van der Waals surface area contributed by atoms with Gasteiger partial charge in [0, 0.05) is 24.5 Å². The minimum Gasteiger partial charge on any atom is -0.318 e. The van der Waals surface area contributed by atoms with Gasteiger partial charge in [0.25, 0.3) is 0 Å². The first kappa shape index (κ1) is 18.2. The molecule has 3 nitrogen and oxygen atoms in total. The summed E-state index contributed by atoms with van der Waals surface area (Å²) in [6.45, 7) is 8.83. The van der Waals surface area contributed by atoms with Crippen LogP contribution in [0.1, 0.15) is 40.5 Å². The Labute approximate surface area is 163 Å². The second-order valence-electron chi connectivity index (χ2n) is 8.74. The lowest BCUT2D eigenvalue weighted by molar-refractivity contribution is -0.467. The first-order valence-corrected chi connectivity index (χ1v) is 13.3. The van der Waals surface area contributed by atoms with Crippen LogP contribution in [0.3, 0.4) is 0 Å². The molecular formula is C22H27O3P2+. The second kappa shape index (κ2) is 5.85. The monoisotopic (exact) mass is 401 g/mol. The zero-order chi connectivity index (χ0) is 18.9. The molecule has 4 atom stereocenters. The van der Waals surface area contributed by atoms with Gasteiger partial charge in [-0.2, -0.15) is 0 Å². The summed E-state index contributed by atoms with van der Waals surface area (Å²) in [5.74, 6) is -1.09. The van der Waals surface area contributed by atoms with Gasteiger partial charge in [-0.15, -0.1) is 0 Å². The van der Waals surface area contributed by atoms with Crippen LogP contribution in [-0.4, -0.2) is 22.3 Å². The zero-order valence-electron chi connectivity index (χ0n) is 16.4. The van der Waals surface area contributed by atoms with Gasteiger partial charge in [0.05, 0.1) is 20.5 Å². The van der Waals surface area contributed by atoms with Crippen LogP contribution in [-0.2, 0) is 14.2 Å². The van der Waals surface area contributed by atoms with Crippen LogP contribution in [0.25, 0.3) is 0 Å². The van der Waals surface area contributed by atoms with Gasteiger partial charge in [-0.3, -0.25) is 0 Å². The summed E-state index contributed by atoms with van der Waals surface area (Å²) < 4.78 is 19.7. The Kier molecular flexibility index (Phi) is 3.95. The molecule has 5 heteroatoms. The summed E-state index contributed by atoms with van der Waals surface area (Å²) in [5.41, 5.74) is 0. The molecule has 4 aliphatic heterocycles. The Morgan fingerprint density at radius 1 is 0.667 bits per heavy atom. The third-order valence-corrected chi connectivity index (χ3v) is 16.3. The molecule has 6 rings (SSSR count). The largest absolute Gasteiger partial charge is 0.318 e. The van der Waals surface area contributed by atoms with Crippen LogP contribution >= 0.6 is 15.2 Å². The van der Waals surface area contributed by atoms with Crippen molar-refractivity contribution in [3.8, 4) is 0 Å². The fraction of sp³-hybridized carbons (Fsp3) is 0.455. The third-order valence-electron chi connectivity index (χ3n) is 5.89. The molecule has 4 saturated heterocycles. The SMILES string of the molecule is C[C@@]12C[C@]3(C)O[C@@](C)(C[C@](C)(O1)[PH+]3P(c1ccccc1)c1ccccc1)O2. The fourth-order valence-corrected chi connectivity index (χ4v) is 17.2. The van der Waals surface area contributed by atoms with Crippen molar-refractivity contribution in [1.82, 2.24) is 0 Å². The van der Waals surface area contributed by atoms with Gasteiger partial charge in [-0.25, -0.2) is 0 Å². The predicted octanol–water partition coefficient (Wildman–Crippen LogP) is 4.98. The molecule has 2 aromatic rings. The summed E-state index contributed by atoms with van der Waals surface area (Å²) >= 11 is 0. The topological polar surface area (TPSA) is 27.7 Å². The minimum absolute atomic E-state index is 0.185. The van der Waals surface area contributed by atoms with Crippen LogP contribution in [0.4, 0.5) is 0 Å². The molecular weight excluding hydrogens is 374 g/mol. The molecule has 0 aliphatic carbocycles. The van der Waals surface area contributed by atoms with E-state index in [-0.39, 0.29) is 10.7 Å². The molecule has 4 fully saturated rings. The van der Waals surface area contributed by atoms with Crippen molar-refractivity contribution >= 4 is 25.8 Å². The summed E-state index contributed by atoms with van der Waals surface area (Å²) in [6, 6.07) is 22.0. The molecule has 0 spiro atoms. The Morgan fingerprint density at radius 2 is 1.07 bits per heavy atom. The van der Waals surface area contributed by atoms with Gasteiger partial charge < -0.3 is 14.2 Å². The van der Waals surface area contributed by atoms with Gasteiger partial charge >= 0.3 is 0 Å². The van der Waals surface area contributed by atoms with Crippen molar-refractivity contribution in [3.05, 3.63) is 60.7 Å². The zero-order valence-corrected chi connectivity index (χ0v) is 18.3. The minimum atomic E-state index is -1.11. The van der Waals surface area contributed by atoms with Gasteiger partial charge in [0.1, 0.15) is 7.61 Å². The van der Waals surface area contributed by atoms with E-state index in [1.54, 1.807) is 0 Å². The molecule has 2 aromatic carbocycles. The van der Waals surface area contributed by atoms with E-state index in [9.17, 15) is 0 Å². The number of hydrogen-bond donors (Lipinski definition) is 0. The Bertz CT molecular complexity index is 773.